The lowest BCUT2D eigenvalue weighted by Crippen LogP contribution is -2.15. The van der Waals surface area contributed by atoms with E-state index in [9.17, 15) is 10.0 Å². The zero-order valence-corrected chi connectivity index (χ0v) is 15.8. The van der Waals surface area contributed by atoms with Gasteiger partial charge >= 0.3 is 0 Å². The molecule has 0 fully saturated rings. The molecule has 28 heavy (non-hydrogen) atoms. The molecule has 0 spiro atoms. The van der Waals surface area contributed by atoms with Gasteiger partial charge in [-0.3, -0.25) is 4.79 Å². The largest absolute Gasteiger partial charge is 0.410 e. The van der Waals surface area contributed by atoms with Crippen LogP contribution >= 0.6 is 11.8 Å². The Morgan fingerprint density at radius 2 is 1.43 bits per heavy atom. The molecule has 1 atom stereocenters. The summed E-state index contributed by atoms with van der Waals surface area (Å²) in [7, 11) is 0. The normalized spacial score (nSPS) is 17.7. The van der Waals surface area contributed by atoms with Crippen molar-refractivity contribution in [3.05, 3.63) is 113 Å². The van der Waals surface area contributed by atoms with Crippen LogP contribution in [0.1, 0.15) is 21.8 Å². The molecule has 0 bridgehead atoms. The van der Waals surface area contributed by atoms with E-state index in [4.69, 9.17) is 0 Å². The molecule has 1 heterocycles. The Morgan fingerprint density at radius 3 is 2.04 bits per heavy atom. The fourth-order valence-corrected chi connectivity index (χ4v) is 4.34. The Kier molecular flexibility index (Phi) is 5.26. The van der Waals surface area contributed by atoms with E-state index in [2.05, 4.69) is 10.5 Å². The maximum Gasteiger partial charge on any atom is 0.192 e. The Balaban J connectivity index is 1.84. The van der Waals surface area contributed by atoms with Crippen LogP contribution in [0.2, 0.25) is 0 Å². The first kappa shape index (κ1) is 18.1. The summed E-state index contributed by atoms with van der Waals surface area (Å²) in [6, 6.07) is 28.5. The molecule has 2 N–H and O–H groups in total. The molecule has 4 nitrogen and oxygen atoms in total. The van der Waals surface area contributed by atoms with Crippen LogP contribution in [0, 0.1) is 0 Å². The Labute approximate surface area is 167 Å². The molecular weight excluding hydrogens is 368 g/mol. The molecule has 4 rings (SSSR count). The number of carbonyl (C=O) groups excluding carboxylic acids is 1. The van der Waals surface area contributed by atoms with Crippen LogP contribution in [0.4, 0.5) is 5.69 Å². The van der Waals surface area contributed by atoms with E-state index in [1.807, 2.05) is 78.9 Å². The molecule has 3 aromatic rings. The molecule has 0 aromatic heterocycles. The van der Waals surface area contributed by atoms with E-state index < -0.39 is 5.92 Å². The summed E-state index contributed by atoms with van der Waals surface area (Å²) in [6.07, 6.45) is 0. The smallest absolute Gasteiger partial charge is 0.192 e. The number of allylic oxidation sites excluding steroid dienone is 1. The maximum absolute atomic E-state index is 13.4. The Morgan fingerprint density at radius 1 is 0.857 bits per heavy atom. The first-order valence-electron chi connectivity index (χ1n) is 8.88. The summed E-state index contributed by atoms with van der Waals surface area (Å²) in [4.78, 5) is 13.4. The lowest BCUT2D eigenvalue weighted by atomic mass is 9.87. The van der Waals surface area contributed by atoms with Crippen molar-refractivity contribution in [2.24, 2.45) is 5.16 Å². The van der Waals surface area contributed by atoms with Gasteiger partial charge in [-0.1, -0.05) is 95.8 Å². The number of hydrogen-bond donors (Lipinski definition) is 2. The first-order valence-corrected chi connectivity index (χ1v) is 9.70. The standard InChI is InChI=1S/C23H18N2O2S/c26-21(17-12-6-2-7-13-17)20-19(16-10-4-1-5-11-16)23(25-27)28-22(20)24-18-14-8-3-9-15-18/h1-15,19,24,27H/b25-23-. The highest BCUT2D eigenvalue weighted by molar-refractivity contribution is 8.17. The number of thioether (sulfide) groups is 1. The van der Waals surface area contributed by atoms with E-state index in [0.29, 0.717) is 21.2 Å². The minimum Gasteiger partial charge on any atom is -0.410 e. The Bertz CT molecular complexity index is 1030. The molecule has 0 radical (unpaired) electrons. The minimum atomic E-state index is -0.421. The lowest BCUT2D eigenvalue weighted by Gasteiger charge is -2.15. The van der Waals surface area contributed by atoms with Crippen molar-refractivity contribution in [1.82, 2.24) is 0 Å². The summed E-state index contributed by atoms with van der Waals surface area (Å²) in [5.74, 6) is -0.505. The summed E-state index contributed by atoms with van der Waals surface area (Å²) < 4.78 is 0. The van der Waals surface area contributed by atoms with Crippen molar-refractivity contribution in [3.63, 3.8) is 0 Å². The zero-order chi connectivity index (χ0) is 19.3. The predicted molar refractivity (Wildman–Crippen MR) is 114 cm³/mol. The van der Waals surface area contributed by atoms with Crippen LogP contribution < -0.4 is 5.32 Å². The average Bonchev–Trinajstić information content (AvgIpc) is 3.13. The van der Waals surface area contributed by atoms with Gasteiger partial charge in [-0.2, -0.15) is 0 Å². The van der Waals surface area contributed by atoms with Gasteiger partial charge in [-0.05, 0) is 17.7 Å². The number of Topliss-reactive ketones (excluding diaryl/α,β-unsaturated/α-hetero) is 1. The quantitative estimate of drug-likeness (QED) is 0.345. The molecule has 3 aromatic carbocycles. The topological polar surface area (TPSA) is 61.7 Å². The molecule has 0 saturated carbocycles. The molecule has 1 aliphatic rings. The second-order valence-corrected chi connectivity index (χ2v) is 7.34. The van der Waals surface area contributed by atoms with Crippen LogP contribution in [0.5, 0.6) is 0 Å². The monoisotopic (exact) mass is 386 g/mol. The van der Waals surface area contributed by atoms with Gasteiger partial charge < -0.3 is 10.5 Å². The second kappa shape index (κ2) is 8.15. The van der Waals surface area contributed by atoms with E-state index in [1.54, 1.807) is 12.1 Å². The number of benzene rings is 3. The van der Waals surface area contributed by atoms with Gasteiger partial charge in [0.1, 0.15) is 5.04 Å². The Hall–Kier alpha value is -3.31. The third-order valence-electron chi connectivity index (χ3n) is 4.53. The summed E-state index contributed by atoms with van der Waals surface area (Å²) in [5.41, 5.74) is 2.96. The van der Waals surface area contributed by atoms with Crippen molar-refractivity contribution < 1.29 is 10.0 Å². The number of nitrogens with one attached hydrogen (secondary N) is 1. The third-order valence-corrected chi connectivity index (χ3v) is 5.58. The summed E-state index contributed by atoms with van der Waals surface area (Å²) in [5, 5.41) is 17.7. The number of anilines is 1. The first-order chi connectivity index (χ1) is 13.8. The van der Waals surface area contributed by atoms with Gasteiger partial charge in [0, 0.05) is 16.8 Å². The van der Waals surface area contributed by atoms with Crippen LogP contribution in [-0.2, 0) is 0 Å². The highest BCUT2D eigenvalue weighted by atomic mass is 32.2. The average molecular weight is 386 g/mol. The molecule has 0 aliphatic carbocycles. The molecule has 0 amide bonds. The SMILES string of the molecule is O=C(C1=C(Nc2ccccc2)S/C(=N\O)C1c1ccccc1)c1ccccc1. The second-order valence-electron chi connectivity index (χ2n) is 6.31. The van der Waals surface area contributed by atoms with E-state index in [1.165, 1.54) is 11.8 Å². The van der Waals surface area contributed by atoms with Crippen molar-refractivity contribution in [3.8, 4) is 0 Å². The fourth-order valence-electron chi connectivity index (χ4n) is 3.23. The van der Waals surface area contributed by atoms with Crippen LogP contribution in [-0.4, -0.2) is 16.0 Å². The van der Waals surface area contributed by atoms with Crippen LogP contribution in [0.15, 0.2) is 107 Å². The number of oxime groups is 1. The van der Waals surface area contributed by atoms with E-state index in [-0.39, 0.29) is 5.78 Å². The van der Waals surface area contributed by atoms with E-state index >= 15 is 0 Å². The van der Waals surface area contributed by atoms with Gasteiger partial charge in [0.05, 0.1) is 10.9 Å². The van der Waals surface area contributed by atoms with Crippen LogP contribution in [0.25, 0.3) is 0 Å². The molecule has 138 valence electrons. The molecule has 1 unspecified atom stereocenters. The zero-order valence-electron chi connectivity index (χ0n) is 14.9. The highest BCUT2D eigenvalue weighted by Crippen LogP contribution is 2.45. The van der Waals surface area contributed by atoms with Crippen LogP contribution in [0.3, 0.4) is 0 Å². The molecular formula is C23H18N2O2S. The van der Waals surface area contributed by atoms with Gasteiger partial charge in [0.2, 0.25) is 0 Å². The number of rotatable bonds is 5. The van der Waals surface area contributed by atoms with Gasteiger partial charge in [-0.15, -0.1) is 0 Å². The minimum absolute atomic E-state index is 0.0842. The fraction of sp³-hybridized carbons (Fsp3) is 0.0435. The maximum atomic E-state index is 13.4. The van der Waals surface area contributed by atoms with Crippen molar-refractivity contribution >= 4 is 28.3 Å². The number of nitrogens with zero attached hydrogens (tertiary/aromatic N) is 1. The van der Waals surface area contributed by atoms with Crippen molar-refractivity contribution in [2.75, 3.05) is 5.32 Å². The molecule has 5 heteroatoms. The lowest BCUT2D eigenvalue weighted by molar-refractivity contribution is 0.103. The van der Waals surface area contributed by atoms with E-state index in [0.717, 1.165) is 11.3 Å². The predicted octanol–water partition coefficient (Wildman–Crippen LogP) is 5.51. The summed E-state index contributed by atoms with van der Waals surface area (Å²) in [6.45, 7) is 0. The summed E-state index contributed by atoms with van der Waals surface area (Å²) >= 11 is 1.29. The van der Waals surface area contributed by atoms with Crippen molar-refractivity contribution in [1.29, 1.82) is 0 Å². The number of hydrogen-bond acceptors (Lipinski definition) is 5. The molecule has 0 saturated heterocycles. The van der Waals surface area contributed by atoms with Gasteiger partial charge in [0.15, 0.2) is 5.78 Å². The van der Waals surface area contributed by atoms with Gasteiger partial charge in [-0.25, -0.2) is 0 Å². The van der Waals surface area contributed by atoms with Crippen molar-refractivity contribution in [2.45, 2.75) is 5.92 Å². The highest BCUT2D eigenvalue weighted by Gasteiger charge is 2.38. The molecule has 1 aliphatic heterocycles. The number of carbonyl (C=O) groups is 1. The third kappa shape index (κ3) is 3.57. The number of ketones is 1. The van der Waals surface area contributed by atoms with Gasteiger partial charge in [0.25, 0.3) is 0 Å². The number of para-hydroxylation sites is 1.